The number of benzene rings is 3. The van der Waals surface area contributed by atoms with E-state index in [1.807, 2.05) is 42.5 Å². The number of thiazole rings is 1. The fraction of sp³-hybridized carbons (Fsp3) is 0.138. The first kappa shape index (κ1) is 24.3. The van der Waals surface area contributed by atoms with E-state index in [-0.39, 0.29) is 23.5 Å². The Balaban J connectivity index is 1.85. The molecule has 1 unspecified atom stereocenters. The number of fused-ring (bicyclic) bond motifs is 1. The minimum atomic E-state index is -0.799. The summed E-state index contributed by atoms with van der Waals surface area (Å²) in [6.07, 6.45) is 1.64. The van der Waals surface area contributed by atoms with Crippen LogP contribution >= 0.6 is 11.3 Å². The van der Waals surface area contributed by atoms with Crippen LogP contribution in [0, 0.1) is 0 Å². The van der Waals surface area contributed by atoms with Crippen molar-refractivity contribution in [3.8, 4) is 11.5 Å². The van der Waals surface area contributed by atoms with Gasteiger partial charge < -0.3 is 14.6 Å². The van der Waals surface area contributed by atoms with Crippen LogP contribution in [0.3, 0.4) is 0 Å². The number of phenols is 1. The molecule has 186 valence electrons. The number of methoxy groups -OCH3 is 1. The number of nitrogens with zero attached hydrogens (tertiary/aromatic N) is 2. The van der Waals surface area contributed by atoms with E-state index >= 15 is 0 Å². The van der Waals surface area contributed by atoms with Crippen molar-refractivity contribution in [1.29, 1.82) is 0 Å². The SMILES string of the molecule is CCOC(=O)C1=C(c2ccccc2)N=c2s/c(=C/c3ccccc3O)c(=O)n2C1c1cccc(OC)c1. The Hall–Kier alpha value is -4.43. The number of para-hydroxylation sites is 1. The summed E-state index contributed by atoms with van der Waals surface area (Å²) in [6.45, 7) is 1.91. The van der Waals surface area contributed by atoms with Crippen LogP contribution in [0.15, 0.2) is 94.2 Å². The van der Waals surface area contributed by atoms with Crippen molar-refractivity contribution in [2.24, 2.45) is 4.99 Å². The molecule has 0 bridgehead atoms. The van der Waals surface area contributed by atoms with Gasteiger partial charge in [-0.25, -0.2) is 9.79 Å². The second-order valence-corrected chi connectivity index (χ2v) is 9.28. The van der Waals surface area contributed by atoms with Crippen LogP contribution in [0.2, 0.25) is 0 Å². The number of phenolic OH excluding ortho intramolecular Hbond substituents is 1. The number of aromatic nitrogens is 1. The zero-order valence-corrected chi connectivity index (χ0v) is 21.1. The molecule has 1 atom stereocenters. The molecule has 2 heterocycles. The number of hydrogen-bond donors (Lipinski definition) is 1. The van der Waals surface area contributed by atoms with Crippen molar-refractivity contribution >= 4 is 29.1 Å². The van der Waals surface area contributed by atoms with Crippen LogP contribution in [-0.4, -0.2) is 29.4 Å². The second kappa shape index (κ2) is 10.3. The molecule has 1 aliphatic heterocycles. The van der Waals surface area contributed by atoms with Gasteiger partial charge in [-0.1, -0.05) is 72.0 Å². The monoisotopic (exact) mass is 512 g/mol. The van der Waals surface area contributed by atoms with Crippen LogP contribution in [0.25, 0.3) is 11.8 Å². The molecule has 0 spiro atoms. The van der Waals surface area contributed by atoms with Gasteiger partial charge in [0.05, 0.1) is 35.6 Å². The Morgan fingerprint density at radius 1 is 1.08 bits per heavy atom. The fourth-order valence-corrected chi connectivity index (χ4v) is 5.31. The summed E-state index contributed by atoms with van der Waals surface area (Å²) in [7, 11) is 1.56. The lowest BCUT2D eigenvalue weighted by atomic mass is 9.93. The Morgan fingerprint density at radius 3 is 2.57 bits per heavy atom. The minimum absolute atomic E-state index is 0.0647. The summed E-state index contributed by atoms with van der Waals surface area (Å²) >= 11 is 1.20. The molecule has 0 fully saturated rings. The quantitative estimate of drug-likeness (QED) is 0.399. The average Bonchev–Trinajstić information content (AvgIpc) is 3.24. The summed E-state index contributed by atoms with van der Waals surface area (Å²) in [5, 5.41) is 10.3. The highest BCUT2D eigenvalue weighted by atomic mass is 32.1. The maximum absolute atomic E-state index is 13.8. The van der Waals surface area contributed by atoms with E-state index in [1.54, 1.807) is 56.5 Å². The van der Waals surface area contributed by atoms with E-state index in [0.717, 1.165) is 5.56 Å². The molecular weight excluding hydrogens is 488 g/mol. The predicted octanol–water partition coefficient (Wildman–Crippen LogP) is 3.65. The molecule has 1 aliphatic rings. The van der Waals surface area contributed by atoms with Gasteiger partial charge in [-0.2, -0.15) is 0 Å². The maximum Gasteiger partial charge on any atom is 0.338 e. The Kier molecular flexibility index (Phi) is 6.74. The minimum Gasteiger partial charge on any atom is -0.507 e. The number of esters is 1. The van der Waals surface area contributed by atoms with E-state index in [0.29, 0.717) is 31.9 Å². The molecule has 1 aromatic heterocycles. The zero-order valence-electron chi connectivity index (χ0n) is 20.3. The van der Waals surface area contributed by atoms with E-state index < -0.39 is 12.0 Å². The first-order chi connectivity index (χ1) is 18.0. The summed E-state index contributed by atoms with van der Waals surface area (Å²) in [5.41, 5.74) is 2.31. The summed E-state index contributed by atoms with van der Waals surface area (Å²) in [6, 6.07) is 22.6. The van der Waals surface area contributed by atoms with E-state index in [1.165, 1.54) is 15.9 Å². The van der Waals surface area contributed by atoms with Crippen molar-refractivity contribution in [2.45, 2.75) is 13.0 Å². The zero-order chi connectivity index (χ0) is 25.9. The van der Waals surface area contributed by atoms with Crippen molar-refractivity contribution in [3.63, 3.8) is 0 Å². The first-order valence-electron chi connectivity index (χ1n) is 11.7. The average molecular weight is 513 g/mol. The van der Waals surface area contributed by atoms with Gasteiger partial charge in [-0.15, -0.1) is 0 Å². The summed E-state index contributed by atoms with van der Waals surface area (Å²) in [5.74, 6) is 0.109. The number of rotatable bonds is 6. The summed E-state index contributed by atoms with van der Waals surface area (Å²) in [4.78, 5) is 32.5. The third-order valence-corrected chi connectivity index (χ3v) is 6.99. The highest BCUT2D eigenvalue weighted by Gasteiger charge is 2.35. The Morgan fingerprint density at radius 2 is 1.84 bits per heavy atom. The van der Waals surface area contributed by atoms with Crippen molar-refractivity contribution in [1.82, 2.24) is 4.57 Å². The van der Waals surface area contributed by atoms with Crippen LogP contribution in [0.5, 0.6) is 11.5 Å². The van der Waals surface area contributed by atoms with Crippen LogP contribution in [0.1, 0.15) is 29.7 Å². The normalized spacial score (nSPS) is 15.2. The lowest BCUT2D eigenvalue weighted by Crippen LogP contribution is -2.40. The van der Waals surface area contributed by atoms with E-state index in [2.05, 4.69) is 0 Å². The number of aromatic hydroxyl groups is 1. The first-order valence-corrected chi connectivity index (χ1v) is 12.5. The van der Waals surface area contributed by atoms with Crippen LogP contribution in [0.4, 0.5) is 0 Å². The predicted molar refractivity (Wildman–Crippen MR) is 142 cm³/mol. The highest BCUT2D eigenvalue weighted by Crippen LogP contribution is 2.36. The molecule has 3 aromatic carbocycles. The molecule has 37 heavy (non-hydrogen) atoms. The lowest BCUT2D eigenvalue weighted by molar-refractivity contribution is -0.138. The van der Waals surface area contributed by atoms with Gasteiger partial charge in [0, 0.05) is 11.1 Å². The largest absolute Gasteiger partial charge is 0.507 e. The number of carbonyl (C=O) groups is 1. The molecule has 8 heteroatoms. The van der Waals surface area contributed by atoms with E-state index in [9.17, 15) is 14.7 Å². The van der Waals surface area contributed by atoms with Crippen molar-refractivity contribution < 1.29 is 19.4 Å². The van der Waals surface area contributed by atoms with Crippen LogP contribution in [-0.2, 0) is 9.53 Å². The van der Waals surface area contributed by atoms with Crippen molar-refractivity contribution in [2.75, 3.05) is 13.7 Å². The molecule has 7 nitrogen and oxygen atoms in total. The molecule has 0 saturated carbocycles. The number of hydrogen-bond acceptors (Lipinski definition) is 7. The smallest absolute Gasteiger partial charge is 0.338 e. The second-order valence-electron chi connectivity index (χ2n) is 8.27. The molecule has 0 amide bonds. The molecule has 1 N–H and O–H groups in total. The summed E-state index contributed by atoms with van der Waals surface area (Å²) < 4.78 is 12.8. The van der Waals surface area contributed by atoms with E-state index in [4.69, 9.17) is 14.5 Å². The van der Waals surface area contributed by atoms with Gasteiger partial charge in [0.1, 0.15) is 11.5 Å². The number of ether oxygens (including phenoxy) is 2. The maximum atomic E-state index is 13.8. The van der Waals surface area contributed by atoms with Gasteiger partial charge in [0.25, 0.3) is 5.56 Å². The Labute approximate surface area is 216 Å². The standard InChI is InChI=1S/C29H24N2O5S/c1-3-36-28(34)24-25(18-10-5-4-6-11-18)30-29-31(26(24)20-13-9-14-21(16-20)35-2)27(33)23(37-29)17-19-12-7-8-15-22(19)32/h4-17,26,32H,3H2,1-2H3/b23-17+. The fourth-order valence-electron chi connectivity index (χ4n) is 4.32. The van der Waals surface area contributed by atoms with Gasteiger partial charge in [0.2, 0.25) is 0 Å². The van der Waals surface area contributed by atoms with Gasteiger partial charge in [-0.05, 0) is 36.8 Å². The van der Waals surface area contributed by atoms with Gasteiger partial charge in [0.15, 0.2) is 4.80 Å². The van der Waals surface area contributed by atoms with Gasteiger partial charge >= 0.3 is 5.97 Å². The number of carbonyl (C=O) groups excluding carboxylic acids is 1. The topological polar surface area (TPSA) is 90.1 Å². The lowest BCUT2D eigenvalue weighted by Gasteiger charge is -2.26. The molecule has 0 aliphatic carbocycles. The van der Waals surface area contributed by atoms with Crippen molar-refractivity contribution in [3.05, 3.63) is 121 Å². The highest BCUT2D eigenvalue weighted by molar-refractivity contribution is 7.07. The molecule has 0 radical (unpaired) electrons. The third kappa shape index (κ3) is 4.59. The Bertz CT molecular complexity index is 1690. The van der Waals surface area contributed by atoms with Gasteiger partial charge in [-0.3, -0.25) is 9.36 Å². The molecular formula is C29H24N2O5S. The molecule has 5 rings (SSSR count). The third-order valence-electron chi connectivity index (χ3n) is 6.01. The molecule has 4 aromatic rings. The van der Waals surface area contributed by atoms with Crippen LogP contribution < -0.4 is 19.6 Å². The molecule has 0 saturated heterocycles.